The van der Waals surface area contributed by atoms with Crippen molar-refractivity contribution in [3.8, 4) is 5.75 Å². The maximum Gasteiger partial charge on any atom is 0.294 e. The number of nitrogens with zero attached hydrogens (tertiary/aromatic N) is 1. The van der Waals surface area contributed by atoms with Gasteiger partial charge in [-0.1, -0.05) is 15.9 Å². The van der Waals surface area contributed by atoms with Crippen molar-refractivity contribution >= 4 is 33.2 Å². The van der Waals surface area contributed by atoms with Gasteiger partial charge in [-0.15, -0.1) is 11.3 Å². The number of ether oxygens (including phenoxy) is 1. The van der Waals surface area contributed by atoms with E-state index in [1.54, 1.807) is 11.4 Å². The van der Waals surface area contributed by atoms with Crippen LogP contribution in [0.5, 0.6) is 5.75 Å². The molecule has 2 aromatic rings. The summed E-state index contributed by atoms with van der Waals surface area (Å²) in [6.45, 7) is 0.143. The molecule has 8 heteroatoms. The third kappa shape index (κ3) is 3.72. The molecule has 0 radical (unpaired) electrons. The van der Waals surface area contributed by atoms with Crippen LogP contribution in [0.3, 0.4) is 0 Å². The second-order valence-corrected chi connectivity index (χ2v) is 5.29. The normalized spacial score (nSPS) is 10.3. The van der Waals surface area contributed by atoms with Crippen LogP contribution in [0.15, 0.2) is 28.1 Å². The lowest BCUT2D eigenvalue weighted by Crippen LogP contribution is -2.29. The molecule has 1 aromatic heterocycles. The van der Waals surface area contributed by atoms with E-state index in [9.17, 15) is 9.18 Å². The van der Waals surface area contributed by atoms with Crippen LogP contribution in [0, 0.1) is 5.82 Å². The number of nitrogens with one attached hydrogen (secondary N) is 1. The summed E-state index contributed by atoms with van der Waals surface area (Å²) in [5.74, 6) is 4.53. The van der Waals surface area contributed by atoms with Gasteiger partial charge in [0, 0.05) is 15.9 Å². The summed E-state index contributed by atoms with van der Waals surface area (Å²) in [4.78, 5) is 15.2. The van der Waals surface area contributed by atoms with Crippen LogP contribution >= 0.6 is 27.3 Å². The lowest BCUT2D eigenvalue weighted by atomic mass is 10.3. The minimum atomic E-state index is -0.454. The summed E-state index contributed by atoms with van der Waals surface area (Å²) in [7, 11) is 0. The average molecular weight is 346 g/mol. The first-order valence-corrected chi connectivity index (χ1v) is 6.80. The molecule has 1 amide bonds. The number of hydrogen-bond donors (Lipinski definition) is 2. The number of hydrazine groups is 1. The molecule has 0 fully saturated rings. The van der Waals surface area contributed by atoms with E-state index in [4.69, 9.17) is 10.6 Å². The smallest absolute Gasteiger partial charge is 0.294 e. The molecule has 0 aliphatic carbocycles. The Labute approximate surface area is 120 Å². The third-order valence-electron chi connectivity index (χ3n) is 2.10. The molecule has 2 rings (SSSR count). The standard InChI is InChI=1S/C11H9BrFN3O2S/c12-6-1-7(13)3-9(2-6)18-4-8-5-19-11(15-8)10(17)16-14/h1-3,5H,4,14H2,(H,16,17). The number of thiazole rings is 1. The van der Waals surface area contributed by atoms with Crippen LogP contribution in [0.25, 0.3) is 0 Å². The van der Waals surface area contributed by atoms with Gasteiger partial charge in [0.15, 0.2) is 5.01 Å². The van der Waals surface area contributed by atoms with Gasteiger partial charge in [0.1, 0.15) is 18.2 Å². The van der Waals surface area contributed by atoms with Crippen molar-refractivity contribution in [1.29, 1.82) is 0 Å². The van der Waals surface area contributed by atoms with E-state index in [1.165, 1.54) is 12.1 Å². The zero-order chi connectivity index (χ0) is 13.8. The predicted molar refractivity (Wildman–Crippen MR) is 72.2 cm³/mol. The molecule has 1 aromatic carbocycles. The predicted octanol–water partition coefficient (Wildman–Crippen LogP) is 2.23. The number of hydrogen-bond acceptors (Lipinski definition) is 5. The molecule has 0 saturated heterocycles. The molecule has 0 unspecified atom stereocenters. The lowest BCUT2D eigenvalue weighted by Gasteiger charge is -2.04. The largest absolute Gasteiger partial charge is 0.487 e. The average Bonchev–Trinajstić information content (AvgIpc) is 2.83. The van der Waals surface area contributed by atoms with Gasteiger partial charge in [0.2, 0.25) is 0 Å². The van der Waals surface area contributed by atoms with Crippen molar-refractivity contribution in [2.24, 2.45) is 5.84 Å². The Bertz CT molecular complexity index is 585. The molecule has 100 valence electrons. The molecule has 0 atom stereocenters. The minimum absolute atomic E-state index is 0.143. The van der Waals surface area contributed by atoms with Crippen molar-refractivity contribution < 1.29 is 13.9 Å². The quantitative estimate of drug-likeness (QED) is 0.506. The number of nitrogens with two attached hydrogens (primary N) is 1. The molecule has 0 bridgehead atoms. The highest BCUT2D eigenvalue weighted by molar-refractivity contribution is 9.10. The molecule has 5 nitrogen and oxygen atoms in total. The molecule has 3 N–H and O–H groups in total. The van der Waals surface area contributed by atoms with Crippen LogP contribution in [-0.4, -0.2) is 10.9 Å². The summed E-state index contributed by atoms with van der Waals surface area (Å²) >= 11 is 4.33. The number of benzene rings is 1. The first-order chi connectivity index (χ1) is 9.08. The summed E-state index contributed by atoms with van der Waals surface area (Å²) in [5, 5.41) is 1.93. The Morgan fingerprint density at radius 3 is 3.00 bits per heavy atom. The Morgan fingerprint density at radius 2 is 2.32 bits per heavy atom. The minimum Gasteiger partial charge on any atom is -0.487 e. The number of aromatic nitrogens is 1. The first kappa shape index (κ1) is 13.9. The van der Waals surface area contributed by atoms with E-state index in [0.717, 1.165) is 11.3 Å². The monoisotopic (exact) mass is 345 g/mol. The number of nitrogen functional groups attached to an aromatic ring is 1. The van der Waals surface area contributed by atoms with Crippen LogP contribution in [0.1, 0.15) is 15.5 Å². The molecular weight excluding hydrogens is 337 g/mol. The topological polar surface area (TPSA) is 77.2 Å². The highest BCUT2D eigenvalue weighted by Crippen LogP contribution is 2.21. The van der Waals surface area contributed by atoms with E-state index in [1.807, 2.05) is 5.43 Å². The maximum atomic E-state index is 13.1. The number of rotatable bonds is 4. The SMILES string of the molecule is NNC(=O)c1nc(COc2cc(F)cc(Br)c2)cs1. The first-order valence-electron chi connectivity index (χ1n) is 5.12. The van der Waals surface area contributed by atoms with E-state index >= 15 is 0 Å². The van der Waals surface area contributed by atoms with Crippen molar-refractivity contribution in [3.05, 3.63) is 44.6 Å². The third-order valence-corrected chi connectivity index (χ3v) is 3.45. The van der Waals surface area contributed by atoms with Gasteiger partial charge in [-0.2, -0.15) is 0 Å². The Morgan fingerprint density at radius 1 is 1.53 bits per heavy atom. The Hall–Kier alpha value is -1.51. The van der Waals surface area contributed by atoms with E-state index in [-0.39, 0.29) is 11.6 Å². The van der Waals surface area contributed by atoms with Gasteiger partial charge >= 0.3 is 0 Å². The maximum absolute atomic E-state index is 13.1. The fourth-order valence-corrected chi connectivity index (χ4v) is 2.46. The number of amides is 1. The second kappa shape index (κ2) is 6.09. The van der Waals surface area contributed by atoms with E-state index in [2.05, 4.69) is 20.9 Å². The fourth-order valence-electron chi connectivity index (χ4n) is 1.31. The molecule has 0 aliphatic rings. The molecule has 0 saturated carbocycles. The Balaban J connectivity index is 2.02. The molecule has 0 spiro atoms. The van der Waals surface area contributed by atoms with Crippen molar-refractivity contribution in [2.45, 2.75) is 6.61 Å². The second-order valence-electron chi connectivity index (χ2n) is 3.51. The lowest BCUT2D eigenvalue weighted by molar-refractivity contribution is 0.0953. The molecule has 1 heterocycles. The van der Waals surface area contributed by atoms with Crippen LogP contribution in [0.4, 0.5) is 4.39 Å². The summed E-state index contributed by atoms with van der Waals surface area (Å²) in [6.07, 6.45) is 0. The van der Waals surface area contributed by atoms with Crippen molar-refractivity contribution in [1.82, 2.24) is 10.4 Å². The molecular formula is C11H9BrFN3O2S. The summed E-state index contributed by atoms with van der Waals surface area (Å²) in [5.41, 5.74) is 2.57. The van der Waals surface area contributed by atoms with Gasteiger partial charge in [-0.3, -0.25) is 10.2 Å². The molecule has 19 heavy (non-hydrogen) atoms. The van der Waals surface area contributed by atoms with Gasteiger partial charge < -0.3 is 4.74 Å². The van der Waals surface area contributed by atoms with E-state index in [0.29, 0.717) is 15.9 Å². The van der Waals surface area contributed by atoms with Gasteiger partial charge in [-0.05, 0) is 12.1 Å². The fraction of sp³-hybridized carbons (Fsp3) is 0.0909. The number of carbonyl (C=O) groups excluding carboxylic acids is 1. The zero-order valence-corrected chi connectivity index (χ0v) is 11.9. The summed E-state index contributed by atoms with van der Waals surface area (Å²) < 4.78 is 19.1. The highest BCUT2D eigenvalue weighted by Gasteiger charge is 2.10. The highest BCUT2D eigenvalue weighted by atomic mass is 79.9. The Kier molecular flexibility index (Phi) is 4.46. The number of halogens is 2. The number of carbonyl (C=O) groups is 1. The van der Waals surface area contributed by atoms with Gasteiger partial charge in [0.05, 0.1) is 5.69 Å². The van der Waals surface area contributed by atoms with Crippen LogP contribution < -0.4 is 16.0 Å². The van der Waals surface area contributed by atoms with E-state index < -0.39 is 11.7 Å². The van der Waals surface area contributed by atoms with Crippen LogP contribution in [0.2, 0.25) is 0 Å². The van der Waals surface area contributed by atoms with Crippen LogP contribution in [-0.2, 0) is 6.61 Å². The zero-order valence-electron chi connectivity index (χ0n) is 9.52. The van der Waals surface area contributed by atoms with Gasteiger partial charge in [-0.25, -0.2) is 15.2 Å². The van der Waals surface area contributed by atoms with Crippen molar-refractivity contribution in [3.63, 3.8) is 0 Å². The summed E-state index contributed by atoms with van der Waals surface area (Å²) in [6, 6.07) is 4.24. The van der Waals surface area contributed by atoms with Gasteiger partial charge in [0.25, 0.3) is 5.91 Å². The van der Waals surface area contributed by atoms with Crippen molar-refractivity contribution in [2.75, 3.05) is 0 Å². The molecule has 0 aliphatic heterocycles.